The fourth-order valence-electron chi connectivity index (χ4n) is 4.26. The summed E-state index contributed by atoms with van der Waals surface area (Å²) in [6.45, 7) is 3.92. The minimum atomic E-state index is -4.88. The Hall–Kier alpha value is -3.83. The largest absolute Gasteiger partial charge is 0.486 e. The molecule has 1 aromatic carbocycles. The lowest BCUT2D eigenvalue weighted by Crippen LogP contribution is -2.50. The van der Waals surface area contributed by atoms with E-state index in [0.29, 0.717) is 13.8 Å². The number of halogens is 5. The van der Waals surface area contributed by atoms with Crippen LogP contribution in [0.4, 0.5) is 38.1 Å². The van der Waals surface area contributed by atoms with Crippen LogP contribution in [-0.2, 0) is 26.1 Å². The van der Waals surface area contributed by atoms with Gasteiger partial charge in [0.2, 0.25) is 11.5 Å². The molecule has 0 radical (unpaired) electrons. The molecule has 1 aromatic heterocycles. The summed E-state index contributed by atoms with van der Waals surface area (Å²) in [6, 6.07) is 3.63. The van der Waals surface area contributed by atoms with Crippen molar-refractivity contribution in [3.63, 3.8) is 0 Å². The summed E-state index contributed by atoms with van der Waals surface area (Å²) in [5.74, 6) is -1.22. The summed E-state index contributed by atoms with van der Waals surface area (Å²) >= 11 is 0. The standard InChI is InChI=1S/C25H32F5N5O7S/c1-7-34-13-19(20(33-34)41-21(26)27)43(38,39)35-12-16(11-23(3,4)32-14(2)36)40-18-9-8-15(10-17(18)35)31-22(37)42-24(5,6)25(28,29)30/h8-10,13,16,21H,7,11-12H2,1-6H3,(H,31,37)(H,32,36). The highest BCUT2D eigenvalue weighted by molar-refractivity contribution is 7.93. The van der Waals surface area contributed by atoms with Gasteiger partial charge in [0.1, 0.15) is 11.9 Å². The van der Waals surface area contributed by atoms with Crippen LogP contribution in [0.3, 0.4) is 0 Å². The van der Waals surface area contributed by atoms with Crippen molar-refractivity contribution in [1.29, 1.82) is 0 Å². The van der Waals surface area contributed by atoms with E-state index in [0.717, 1.165) is 21.3 Å². The highest BCUT2D eigenvalue weighted by Crippen LogP contribution is 2.42. The summed E-state index contributed by atoms with van der Waals surface area (Å²) in [4.78, 5) is 23.3. The van der Waals surface area contributed by atoms with Gasteiger partial charge in [-0.1, -0.05) is 0 Å². The van der Waals surface area contributed by atoms with Crippen LogP contribution in [0, 0.1) is 0 Å². The number of carbonyl (C=O) groups excluding carboxylic acids is 2. The Kier molecular flexibility index (Phi) is 9.43. The van der Waals surface area contributed by atoms with Crippen molar-refractivity contribution in [2.45, 2.75) is 89.4 Å². The molecule has 1 atom stereocenters. The first kappa shape index (κ1) is 33.7. The number of nitrogens with zero attached hydrogens (tertiary/aromatic N) is 3. The average molecular weight is 642 g/mol. The molecule has 18 heteroatoms. The number of rotatable bonds is 10. The second-order valence-corrected chi connectivity index (χ2v) is 12.6. The van der Waals surface area contributed by atoms with Crippen LogP contribution in [0.25, 0.3) is 0 Å². The Bertz CT molecular complexity index is 1460. The van der Waals surface area contributed by atoms with Gasteiger partial charge in [-0.25, -0.2) is 13.2 Å². The molecule has 3 rings (SSSR count). The van der Waals surface area contributed by atoms with Crippen molar-refractivity contribution < 1.29 is 54.2 Å². The summed E-state index contributed by atoms with van der Waals surface area (Å²) in [5.41, 5.74) is -4.03. The lowest BCUT2D eigenvalue weighted by Gasteiger charge is -2.38. The predicted octanol–water partition coefficient (Wildman–Crippen LogP) is 4.65. The molecule has 0 bridgehead atoms. The normalized spacial score (nSPS) is 15.9. The van der Waals surface area contributed by atoms with Crippen LogP contribution in [0.2, 0.25) is 0 Å². The van der Waals surface area contributed by atoms with E-state index in [2.05, 4.69) is 25.2 Å². The number of fused-ring (bicyclic) bond motifs is 1. The molecule has 2 aromatic rings. The number of ether oxygens (including phenoxy) is 3. The quantitative estimate of drug-likeness (QED) is 0.357. The zero-order valence-electron chi connectivity index (χ0n) is 24.1. The first-order chi connectivity index (χ1) is 19.6. The highest BCUT2D eigenvalue weighted by Gasteiger charge is 2.51. The van der Waals surface area contributed by atoms with Crippen molar-refractivity contribution in [3.8, 4) is 11.6 Å². The topological polar surface area (TPSA) is 141 Å². The number of hydrogen-bond acceptors (Lipinski definition) is 8. The zero-order chi connectivity index (χ0) is 32.5. The van der Waals surface area contributed by atoms with Crippen molar-refractivity contribution in [2.24, 2.45) is 0 Å². The average Bonchev–Trinajstić information content (AvgIpc) is 3.24. The van der Waals surface area contributed by atoms with E-state index in [1.807, 2.05) is 0 Å². The monoisotopic (exact) mass is 641 g/mol. The SMILES string of the molecule is CCn1cc(S(=O)(=O)N2CC(CC(C)(C)NC(C)=O)Oc3ccc(NC(=O)OC(C)(C)C(F)(F)F)cc32)c(OC(F)F)n1. The Labute approximate surface area is 244 Å². The molecule has 2 N–H and O–H groups in total. The fraction of sp³-hybridized carbons (Fsp3) is 0.560. The summed E-state index contributed by atoms with van der Waals surface area (Å²) in [5, 5.41) is 8.63. The number of benzene rings is 1. The van der Waals surface area contributed by atoms with E-state index >= 15 is 0 Å². The van der Waals surface area contributed by atoms with Crippen molar-refractivity contribution in [2.75, 3.05) is 16.2 Å². The van der Waals surface area contributed by atoms with Crippen LogP contribution in [-0.4, -0.2) is 66.8 Å². The molecule has 43 heavy (non-hydrogen) atoms. The fourth-order valence-corrected chi connectivity index (χ4v) is 5.83. The molecule has 1 unspecified atom stereocenters. The molecule has 0 saturated carbocycles. The lowest BCUT2D eigenvalue weighted by molar-refractivity contribution is -0.242. The second kappa shape index (κ2) is 12.0. The van der Waals surface area contributed by atoms with Crippen molar-refractivity contribution >= 4 is 33.4 Å². The number of sulfonamides is 1. The van der Waals surface area contributed by atoms with E-state index in [-0.39, 0.29) is 36.0 Å². The van der Waals surface area contributed by atoms with E-state index in [1.165, 1.54) is 19.1 Å². The molecule has 2 amide bonds. The molecule has 0 fully saturated rings. The third-order valence-electron chi connectivity index (χ3n) is 6.21. The number of nitrogens with one attached hydrogen (secondary N) is 2. The molecule has 0 saturated heterocycles. The smallest absolute Gasteiger partial charge is 0.427 e. The highest BCUT2D eigenvalue weighted by atomic mass is 32.2. The third-order valence-corrected chi connectivity index (χ3v) is 7.97. The van der Waals surface area contributed by atoms with Crippen LogP contribution < -0.4 is 24.4 Å². The van der Waals surface area contributed by atoms with Gasteiger partial charge in [-0.3, -0.25) is 19.1 Å². The van der Waals surface area contributed by atoms with Gasteiger partial charge in [0.25, 0.3) is 15.9 Å². The van der Waals surface area contributed by atoms with Crippen molar-refractivity contribution in [3.05, 3.63) is 24.4 Å². The lowest BCUT2D eigenvalue weighted by atomic mass is 9.95. The van der Waals surface area contributed by atoms with Gasteiger partial charge in [-0.15, -0.1) is 5.10 Å². The molecule has 0 spiro atoms. The first-order valence-corrected chi connectivity index (χ1v) is 14.3. The number of aromatic nitrogens is 2. The molecule has 0 aliphatic carbocycles. The Balaban J connectivity index is 2.06. The molecule has 1 aliphatic rings. The Morgan fingerprint density at radius 1 is 1.19 bits per heavy atom. The number of hydrogen-bond donors (Lipinski definition) is 2. The summed E-state index contributed by atoms with van der Waals surface area (Å²) < 4.78 is 111. The predicted molar refractivity (Wildman–Crippen MR) is 143 cm³/mol. The van der Waals surface area contributed by atoms with Crippen LogP contribution in [0.5, 0.6) is 11.6 Å². The Morgan fingerprint density at radius 2 is 1.84 bits per heavy atom. The first-order valence-electron chi connectivity index (χ1n) is 12.9. The number of amides is 2. The van der Waals surface area contributed by atoms with Gasteiger partial charge in [-0.2, -0.15) is 22.0 Å². The number of aryl methyl sites for hydroxylation is 1. The number of anilines is 2. The van der Waals surface area contributed by atoms with Gasteiger partial charge in [0.05, 0.1) is 12.2 Å². The molecule has 240 valence electrons. The number of carbonyl (C=O) groups is 2. The zero-order valence-corrected chi connectivity index (χ0v) is 24.9. The van der Waals surface area contributed by atoms with Gasteiger partial charge >= 0.3 is 18.9 Å². The van der Waals surface area contributed by atoms with E-state index < -0.39 is 63.5 Å². The van der Waals surface area contributed by atoms with Crippen LogP contribution >= 0.6 is 0 Å². The number of alkyl halides is 5. The molecular formula is C25H32F5N5O7S. The van der Waals surface area contributed by atoms with Gasteiger partial charge < -0.3 is 19.5 Å². The van der Waals surface area contributed by atoms with Gasteiger partial charge in [-0.05, 0) is 52.8 Å². The minimum Gasteiger partial charge on any atom is -0.486 e. The van der Waals surface area contributed by atoms with E-state index in [9.17, 15) is 40.0 Å². The molecular weight excluding hydrogens is 609 g/mol. The summed E-state index contributed by atoms with van der Waals surface area (Å²) in [6.07, 6.45) is -6.11. The van der Waals surface area contributed by atoms with Gasteiger partial charge in [0.15, 0.2) is 4.90 Å². The molecule has 12 nitrogen and oxygen atoms in total. The van der Waals surface area contributed by atoms with Crippen LogP contribution in [0.1, 0.15) is 48.0 Å². The summed E-state index contributed by atoms with van der Waals surface area (Å²) in [7, 11) is -4.71. The van der Waals surface area contributed by atoms with E-state index in [4.69, 9.17) is 4.74 Å². The molecule has 2 heterocycles. The Morgan fingerprint density at radius 3 is 2.40 bits per heavy atom. The van der Waals surface area contributed by atoms with Crippen LogP contribution in [0.15, 0.2) is 29.3 Å². The maximum absolute atomic E-state index is 14.0. The van der Waals surface area contributed by atoms with E-state index in [1.54, 1.807) is 20.8 Å². The second-order valence-electron chi connectivity index (χ2n) is 10.8. The minimum absolute atomic E-state index is 0.0211. The molecule has 1 aliphatic heterocycles. The maximum atomic E-state index is 14.0. The third kappa shape index (κ3) is 7.97. The maximum Gasteiger partial charge on any atom is 0.427 e. The van der Waals surface area contributed by atoms with Gasteiger partial charge in [0, 0.05) is 37.3 Å². The van der Waals surface area contributed by atoms with Crippen molar-refractivity contribution in [1.82, 2.24) is 15.1 Å².